The van der Waals surface area contributed by atoms with Gasteiger partial charge in [-0.25, -0.2) is 9.59 Å². The van der Waals surface area contributed by atoms with Gasteiger partial charge in [0.25, 0.3) is 5.78 Å². The number of ketones is 1. The summed E-state index contributed by atoms with van der Waals surface area (Å²) in [6, 6.07) is 9.98. The van der Waals surface area contributed by atoms with Gasteiger partial charge >= 0.3 is 67.8 Å². The van der Waals surface area contributed by atoms with Gasteiger partial charge in [-0.1, -0.05) is 23.2 Å². The number of anilines is 2. The molecule has 2 aromatic carbocycles. The van der Waals surface area contributed by atoms with Crippen LogP contribution in [0.2, 0.25) is 10.0 Å². The average molecular weight is 800 g/mol. The van der Waals surface area contributed by atoms with Crippen molar-refractivity contribution in [3.63, 3.8) is 0 Å². The third kappa shape index (κ3) is 15.0. The van der Waals surface area contributed by atoms with Crippen molar-refractivity contribution < 1.29 is 46.5 Å². The van der Waals surface area contributed by atoms with Crippen molar-refractivity contribution in [1.29, 1.82) is 0 Å². The summed E-state index contributed by atoms with van der Waals surface area (Å²) in [6.45, 7) is 3.69. The zero-order valence-corrected chi connectivity index (χ0v) is 25.3. The monoisotopic (exact) mass is 799 g/mol. The molecule has 2 rings (SSSR count). The molecule has 2 amide bonds. The molecule has 0 heterocycles. The fourth-order valence-corrected chi connectivity index (χ4v) is 2.36. The summed E-state index contributed by atoms with van der Waals surface area (Å²) in [4.78, 5) is 33.3. The van der Waals surface area contributed by atoms with Crippen molar-refractivity contribution in [1.82, 2.24) is 0 Å². The topological polar surface area (TPSA) is 93.7 Å². The Morgan fingerprint density at radius 1 is 0.886 bits per heavy atom. The van der Waals surface area contributed by atoms with Crippen LogP contribution in [-0.2, 0) is 18.9 Å². The van der Waals surface area contributed by atoms with Gasteiger partial charge in [0.2, 0.25) is 0 Å². The predicted molar refractivity (Wildman–Crippen MR) is 143 cm³/mol. The van der Waals surface area contributed by atoms with E-state index in [4.69, 9.17) is 27.9 Å². The Bertz CT molecular complexity index is 971. The van der Waals surface area contributed by atoms with Gasteiger partial charge < -0.3 is 9.47 Å². The van der Waals surface area contributed by atoms with Gasteiger partial charge in [0.1, 0.15) is 0 Å². The molecule has 0 saturated heterocycles. The van der Waals surface area contributed by atoms with Gasteiger partial charge in [-0.2, -0.15) is 13.2 Å². The molecular weight excluding hydrogens is 781 g/mol. The fourth-order valence-electron chi connectivity index (χ4n) is 2.06. The Morgan fingerprint density at radius 2 is 1.34 bits per heavy atom. The van der Waals surface area contributed by atoms with Crippen LogP contribution in [0.3, 0.4) is 0 Å². The van der Waals surface area contributed by atoms with E-state index in [2.05, 4.69) is 55.3 Å². The maximum atomic E-state index is 12.4. The number of nitrogens with one attached hydrogen (secondary N) is 2. The second-order valence-corrected chi connectivity index (χ2v) is 18.4. The number of ether oxygens (including phenoxy) is 2. The van der Waals surface area contributed by atoms with Crippen LogP contribution in [0.5, 0.6) is 0 Å². The summed E-state index contributed by atoms with van der Waals surface area (Å²) in [5.41, 5.74) is -0.388. The molecule has 193 valence electrons. The predicted octanol–water partition coefficient (Wildman–Crippen LogP) is 8.33. The van der Waals surface area contributed by atoms with Crippen LogP contribution in [-0.4, -0.2) is 37.4 Å². The van der Waals surface area contributed by atoms with Crippen molar-refractivity contribution in [3.05, 3.63) is 58.1 Å². The van der Waals surface area contributed by atoms with Crippen molar-refractivity contribution in [2.24, 2.45) is 0 Å². The first-order valence-electron chi connectivity index (χ1n) is 9.35. The quantitative estimate of drug-likeness (QED) is 0.235. The molecule has 0 bridgehead atoms. The van der Waals surface area contributed by atoms with Crippen molar-refractivity contribution in [2.75, 3.05) is 23.8 Å². The molecule has 0 fully saturated rings. The molecular formula is C20H19Cl2F3I2N2O5V. The van der Waals surface area contributed by atoms with Gasteiger partial charge in [-0.3, -0.25) is 15.4 Å². The standard InChI is InChI=1S/C11H9ClF3NO3.C9H10ClNO2.2HI.V/c1-2-19-10(18)16-8-4-3-6(12)5-7(8)9(17)11(13,14)15;1-2-13-9(12)11-8-5-3-7(10)4-6-8;;;/h3-5H,2H2,1H3,(H,16,18);3-6H,2H2,1H3,(H,11,12);2*1H;/q;;;;+2/p-2. The van der Waals surface area contributed by atoms with Crippen molar-refractivity contribution in [2.45, 2.75) is 20.0 Å². The molecule has 0 aliphatic heterocycles. The van der Waals surface area contributed by atoms with Gasteiger partial charge in [-0.15, -0.1) is 0 Å². The average Bonchev–Trinajstić information content (AvgIpc) is 2.77. The van der Waals surface area contributed by atoms with E-state index in [1.165, 1.54) is 13.0 Å². The molecule has 0 radical (unpaired) electrons. The SMILES string of the molecule is CCOC(=O)Nc1ccc(Cl)cc1.CCOC(=O)Nc1ccc(Cl)cc1C(=O)C(F)(F)F.[I][V][I]. The van der Waals surface area contributed by atoms with E-state index in [0.29, 0.717) is 26.8 Å². The zero-order chi connectivity index (χ0) is 27.0. The minimum absolute atomic E-state index is 0.0436. The van der Waals surface area contributed by atoms with E-state index in [1.54, 1.807) is 31.2 Å². The molecule has 7 nitrogen and oxygen atoms in total. The Kier molecular flexibility index (Phi) is 17.8. The second-order valence-electron chi connectivity index (χ2n) is 5.78. The number of alkyl halides is 3. The van der Waals surface area contributed by atoms with Crippen LogP contribution in [0.15, 0.2) is 42.5 Å². The van der Waals surface area contributed by atoms with Gasteiger partial charge in [0, 0.05) is 15.7 Å². The summed E-state index contributed by atoms with van der Waals surface area (Å²) >= 11 is 15.9. The van der Waals surface area contributed by atoms with E-state index in [-0.39, 0.29) is 17.3 Å². The third-order valence-electron chi connectivity index (χ3n) is 3.36. The Balaban J connectivity index is 0.000000626. The third-order valence-corrected chi connectivity index (χ3v) is 3.85. The molecule has 0 atom stereocenters. The molecule has 35 heavy (non-hydrogen) atoms. The van der Waals surface area contributed by atoms with Crippen LogP contribution in [0.4, 0.5) is 34.1 Å². The van der Waals surface area contributed by atoms with Crippen molar-refractivity contribution in [3.8, 4) is 0 Å². The van der Waals surface area contributed by atoms with E-state index in [9.17, 15) is 27.6 Å². The van der Waals surface area contributed by atoms with Crippen molar-refractivity contribution >= 4 is 92.5 Å². The molecule has 0 spiro atoms. The number of rotatable bonds is 5. The first-order valence-corrected chi connectivity index (χ1v) is 19.1. The molecule has 2 aromatic rings. The number of halogens is 7. The number of benzene rings is 2. The van der Waals surface area contributed by atoms with Crippen LogP contribution < -0.4 is 10.6 Å². The van der Waals surface area contributed by atoms with E-state index >= 15 is 0 Å². The molecule has 0 aromatic heterocycles. The molecule has 0 aliphatic rings. The number of Topliss-reactive ketones (excluding diaryl/α,β-unsaturated/α-hetero) is 1. The Morgan fingerprint density at radius 3 is 1.80 bits per heavy atom. The number of hydrogen-bond acceptors (Lipinski definition) is 5. The first-order chi connectivity index (χ1) is 16.4. The van der Waals surface area contributed by atoms with Crippen LogP contribution >= 0.6 is 63.2 Å². The van der Waals surface area contributed by atoms with Gasteiger partial charge in [-0.05, 0) is 56.3 Å². The van der Waals surface area contributed by atoms with Gasteiger partial charge in [0.05, 0.1) is 24.5 Å². The van der Waals surface area contributed by atoms with E-state index in [0.717, 1.165) is 12.1 Å². The Labute approximate surface area is 239 Å². The maximum absolute atomic E-state index is 12.4. The fraction of sp³-hybridized carbons (Fsp3) is 0.250. The number of carbonyl (C=O) groups is 3. The van der Waals surface area contributed by atoms with Crippen LogP contribution in [0, 0.1) is 0 Å². The number of carbonyl (C=O) groups excluding carboxylic acids is 3. The van der Waals surface area contributed by atoms with Crippen LogP contribution in [0.1, 0.15) is 24.2 Å². The second kappa shape index (κ2) is 18.3. The first kappa shape index (κ1) is 34.1. The minimum atomic E-state index is -5.06. The normalized spacial score (nSPS) is 9.86. The molecule has 0 aliphatic carbocycles. The summed E-state index contributed by atoms with van der Waals surface area (Å²) < 4.78 is 46.4. The molecule has 2 N–H and O–H groups in total. The summed E-state index contributed by atoms with van der Waals surface area (Å²) in [7, 11) is 0.628. The summed E-state index contributed by atoms with van der Waals surface area (Å²) in [6.07, 6.45) is -6.47. The number of amides is 2. The summed E-state index contributed by atoms with van der Waals surface area (Å²) in [5.74, 6) is -2.10. The summed E-state index contributed by atoms with van der Waals surface area (Å²) in [5, 5.41) is 5.18. The number of hydrogen-bond donors (Lipinski definition) is 2. The Hall–Kier alpha value is -0.936. The van der Waals surface area contributed by atoms with Crippen LogP contribution in [0.25, 0.3) is 0 Å². The van der Waals surface area contributed by atoms with E-state index < -0.39 is 29.7 Å². The molecule has 0 unspecified atom stereocenters. The van der Waals surface area contributed by atoms with E-state index in [1.807, 2.05) is 0 Å². The van der Waals surface area contributed by atoms with Gasteiger partial charge in [0.15, 0.2) is 0 Å². The molecule has 15 heteroatoms. The molecule has 0 saturated carbocycles. The zero-order valence-electron chi connectivity index (χ0n) is 18.1.